The van der Waals surface area contributed by atoms with Gasteiger partial charge in [0.2, 0.25) is 0 Å². The summed E-state index contributed by atoms with van der Waals surface area (Å²) in [4.78, 5) is 4.73. The van der Waals surface area contributed by atoms with E-state index in [1.165, 1.54) is 18.6 Å². The van der Waals surface area contributed by atoms with E-state index in [-0.39, 0.29) is 0 Å². The molecule has 2 rings (SSSR count). The number of benzene rings is 1. The lowest BCUT2D eigenvalue weighted by atomic mass is 10.2. The third-order valence-electron chi connectivity index (χ3n) is 3.19. The predicted molar refractivity (Wildman–Crippen MR) is 85.0 cm³/mol. The van der Waals surface area contributed by atoms with Crippen LogP contribution in [0.2, 0.25) is 0 Å². The molecule has 1 aromatic carbocycles. The number of hydrogen-bond acceptors (Lipinski definition) is 4. The first-order valence-electron chi connectivity index (χ1n) is 6.81. The summed E-state index contributed by atoms with van der Waals surface area (Å²) < 4.78 is 26.3. The van der Waals surface area contributed by atoms with Crippen molar-refractivity contribution in [1.82, 2.24) is 4.72 Å². The molecule has 0 radical (unpaired) electrons. The summed E-state index contributed by atoms with van der Waals surface area (Å²) in [6, 6.07) is 6.97. The van der Waals surface area contributed by atoms with Gasteiger partial charge in [0.1, 0.15) is 5.84 Å². The average Bonchev–Trinajstić information content (AvgIpc) is 2.70. The molecule has 110 valence electrons. The molecule has 0 bridgehead atoms. The van der Waals surface area contributed by atoms with Crippen LogP contribution in [-0.4, -0.2) is 32.8 Å². The van der Waals surface area contributed by atoms with E-state index in [1.807, 2.05) is 17.8 Å². The minimum Gasteiger partial charge on any atom is -0.267 e. The molecule has 0 saturated carbocycles. The second kappa shape index (κ2) is 7.13. The van der Waals surface area contributed by atoms with Crippen molar-refractivity contribution in [2.45, 2.75) is 30.6 Å². The number of nitrogens with one attached hydrogen (secondary N) is 1. The number of amidine groups is 1. The van der Waals surface area contributed by atoms with Crippen molar-refractivity contribution >= 4 is 27.6 Å². The molecular formula is C14H20N2O2S2. The van der Waals surface area contributed by atoms with Crippen LogP contribution in [0.3, 0.4) is 0 Å². The fourth-order valence-electron chi connectivity index (χ4n) is 2.15. The zero-order valence-electron chi connectivity index (χ0n) is 11.6. The monoisotopic (exact) mass is 312 g/mol. The topological polar surface area (TPSA) is 58.5 Å². The summed E-state index contributed by atoms with van der Waals surface area (Å²) in [5, 5.41) is 0. The highest BCUT2D eigenvalue weighted by Crippen LogP contribution is 2.22. The Bertz CT molecular complexity index is 583. The van der Waals surface area contributed by atoms with Crippen LogP contribution in [0.1, 0.15) is 31.2 Å². The molecule has 20 heavy (non-hydrogen) atoms. The molecule has 1 heterocycles. The zero-order valence-corrected chi connectivity index (χ0v) is 13.3. The van der Waals surface area contributed by atoms with E-state index in [2.05, 4.69) is 16.0 Å². The first-order valence-corrected chi connectivity index (χ1v) is 9.68. The summed E-state index contributed by atoms with van der Waals surface area (Å²) in [5.41, 5.74) is 0.690. The van der Waals surface area contributed by atoms with Gasteiger partial charge in [-0.1, -0.05) is 25.0 Å². The number of rotatable bonds is 7. The summed E-state index contributed by atoms with van der Waals surface area (Å²) in [6.45, 7) is 0.672. The van der Waals surface area contributed by atoms with E-state index >= 15 is 0 Å². The first-order chi connectivity index (χ1) is 9.65. The number of aliphatic imine (C=N–C) groups is 1. The van der Waals surface area contributed by atoms with Gasteiger partial charge in [-0.2, -0.15) is 11.8 Å². The highest BCUT2D eigenvalue weighted by atomic mass is 32.2. The summed E-state index contributed by atoms with van der Waals surface area (Å²) in [5.74, 6) is 1.70. The summed E-state index contributed by atoms with van der Waals surface area (Å²) >= 11 is 1.87. The standard InChI is InChI=1S/C14H20N2O2S2/c1-19-11-7-3-2-6-10-15-14-12-8-4-5-9-13(12)20(17,18)16-14/h4-5,8-9H,2-3,6-7,10-11H2,1H3,(H,15,16). The molecule has 0 amide bonds. The van der Waals surface area contributed by atoms with Crippen molar-refractivity contribution in [3.05, 3.63) is 29.8 Å². The van der Waals surface area contributed by atoms with E-state index in [4.69, 9.17) is 0 Å². The maximum Gasteiger partial charge on any atom is 0.263 e. The number of nitrogens with zero attached hydrogens (tertiary/aromatic N) is 1. The molecule has 0 aromatic heterocycles. The molecule has 4 nitrogen and oxygen atoms in total. The molecule has 1 aromatic rings. The molecule has 0 spiro atoms. The van der Waals surface area contributed by atoms with E-state index in [9.17, 15) is 8.42 Å². The van der Waals surface area contributed by atoms with Crippen molar-refractivity contribution < 1.29 is 8.42 Å². The number of thioether (sulfide) groups is 1. The van der Waals surface area contributed by atoms with Crippen LogP contribution < -0.4 is 4.72 Å². The molecule has 1 aliphatic heterocycles. The predicted octanol–water partition coefficient (Wildman–Crippen LogP) is 2.65. The second-order valence-electron chi connectivity index (χ2n) is 4.74. The normalized spacial score (nSPS) is 17.9. The molecule has 0 fully saturated rings. The van der Waals surface area contributed by atoms with Gasteiger partial charge < -0.3 is 0 Å². The Kier molecular flexibility index (Phi) is 5.48. The number of fused-ring (bicyclic) bond motifs is 1. The molecule has 0 atom stereocenters. The Hall–Kier alpha value is -1.01. The molecule has 1 N–H and O–H groups in total. The molecule has 0 unspecified atom stereocenters. The van der Waals surface area contributed by atoms with Gasteiger partial charge in [0.25, 0.3) is 10.0 Å². The van der Waals surface area contributed by atoms with Crippen LogP contribution >= 0.6 is 11.8 Å². The maximum absolute atomic E-state index is 11.9. The van der Waals surface area contributed by atoms with Crippen molar-refractivity contribution in [3.63, 3.8) is 0 Å². The summed E-state index contributed by atoms with van der Waals surface area (Å²) in [7, 11) is -3.39. The van der Waals surface area contributed by atoms with Crippen molar-refractivity contribution in [2.75, 3.05) is 18.6 Å². The van der Waals surface area contributed by atoms with Gasteiger partial charge in [0.15, 0.2) is 0 Å². The zero-order chi connectivity index (χ0) is 14.4. The van der Waals surface area contributed by atoms with Gasteiger partial charge >= 0.3 is 0 Å². The van der Waals surface area contributed by atoms with Gasteiger partial charge in [-0.25, -0.2) is 8.42 Å². The largest absolute Gasteiger partial charge is 0.267 e. The quantitative estimate of drug-likeness (QED) is 0.787. The SMILES string of the molecule is CSCCCCCCN=C1NS(=O)(=O)c2ccccc21. The van der Waals surface area contributed by atoms with Crippen LogP contribution in [-0.2, 0) is 10.0 Å². The third-order valence-corrected chi connectivity index (χ3v) is 5.28. The van der Waals surface area contributed by atoms with E-state index < -0.39 is 10.0 Å². The fourth-order valence-corrected chi connectivity index (χ4v) is 3.90. The third kappa shape index (κ3) is 3.76. The number of hydrogen-bond donors (Lipinski definition) is 1. The molecule has 1 aliphatic rings. The Balaban J connectivity index is 1.90. The Morgan fingerprint density at radius 1 is 1.15 bits per heavy atom. The van der Waals surface area contributed by atoms with Crippen LogP contribution in [0.25, 0.3) is 0 Å². The van der Waals surface area contributed by atoms with Crippen LogP contribution in [0.5, 0.6) is 0 Å². The lowest BCUT2D eigenvalue weighted by Gasteiger charge is -2.00. The first kappa shape index (κ1) is 15.4. The molecule has 0 aliphatic carbocycles. The van der Waals surface area contributed by atoms with E-state index in [0.717, 1.165) is 12.8 Å². The van der Waals surface area contributed by atoms with Gasteiger partial charge in [0, 0.05) is 12.1 Å². The Morgan fingerprint density at radius 2 is 1.90 bits per heavy atom. The van der Waals surface area contributed by atoms with Crippen molar-refractivity contribution in [2.24, 2.45) is 4.99 Å². The average molecular weight is 312 g/mol. The molecule has 0 saturated heterocycles. The minimum absolute atomic E-state index is 0.332. The lowest BCUT2D eigenvalue weighted by Crippen LogP contribution is -2.22. The highest BCUT2D eigenvalue weighted by molar-refractivity contribution is 7.98. The van der Waals surface area contributed by atoms with Crippen LogP contribution in [0.15, 0.2) is 34.2 Å². The second-order valence-corrected chi connectivity index (χ2v) is 7.38. The van der Waals surface area contributed by atoms with Crippen LogP contribution in [0.4, 0.5) is 0 Å². The van der Waals surface area contributed by atoms with E-state index in [1.54, 1.807) is 18.2 Å². The lowest BCUT2D eigenvalue weighted by molar-refractivity contribution is 0.595. The van der Waals surface area contributed by atoms with Crippen molar-refractivity contribution in [3.8, 4) is 0 Å². The van der Waals surface area contributed by atoms with Gasteiger partial charge in [-0.3, -0.25) is 9.71 Å². The molecule has 6 heteroatoms. The highest BCUT2D eigenvalue weighted by Gasteiger charge is 2.29. The minimum atomic E-state index is -3.39. The van der Waals surface area contributed by atoms with Gasteiger partial charge in [-0.15, -0.1) is 0 Å². The van der Waals surface area contributed by atoms with Gasteiger partial charge in [0.05, 0.1) is 4.90 Å². The maximum atomic E-state index is 11.9. The van der Waals surface area contributed by atoms with Gasteiger partial charge in [-0.05, 0) is 37.0 Å². The summed E-state index contributed by atoms with van der Waals surface area (Å²) in [6.07, 6.45) is 6.73. The Labute approximate surface area is 125 Å². The Morgan fingerprint density at radius 3 is 2.70 bits per heavy atom. The van der Waals surface area contributed by atoms with Crippen molar-refractivity contribution in [1.29, 1.82) is 0 Å². The van der Waals surface area contributed by atoms with E-state index in [0.29, 0.717) is 22.8 Å². The number of unbranched alkanes of at least 4 members (excludes halogenated alkanes) is 3. The fraction of sp³-hybridized carbons (Fsp3) is 0.500. The number of sulfonamides is 1. The molecular weight excluding hydrogens is 292 g/mol. The van der Waals surface area contributed by atoms with Crippen LogP contribution in [0, 0.1) is 0 Å². The smallest absolute Gasteiger partial charge is 0.263 e.